The van der Waals surface area contributed by atoms with Gasteiger partial charge in [0.05, 0.1) is 5.69 Å². The van der Waals surface area contributed by atoms with Crippen LogP contribution in [0.25, 0.3) is 0 Å². The Balaban J connectivity index is 1.95. The van der Waals surface area contributed by atoms with Crippen molar-refractivity contribution in [3.8, 4) is 0 Å². The summed E-state index contributed by atoms with van der Waals surface area (Å²) in [5.74, 6) is -0.978. The number of carboxylic acid groups (broad SMARTS) is 1. The van der Waals surface area contributed by atoms with Crippen molar-refractivity contribution in [3.63, 3.8) is 0 Å². The van der Waals surface area contributed by atoms with Gasteiger partial charge in [0.15, 0.2) is 5.13 Å². The largest absolute Gasteiger partial charge is 0.480 e. The summed E-state index contributed by atoms with van der Waals surface area (Å²) in [4.78, 5) is 26.7. The summed E-state index contributed by atoms with van der Waals surface area (Å²) >= 11 is 1.31. The number of anilines is 1. The Kier molecular flexibility index (Phi) is 3.01. The Hall–Kier alpha value is -1.63. The zero-order chi connectivity index (χ0) is 12.5. The second-order valence-corrected chi connectivity index (χ2v) is 4.97. The van der Waals surface area contributed by atoms with Crippen LogP contribution in [0.15, 0.2) is 5.38 Å². The lowest BCUT2D eigenvalue weighted by Crippen LogP contribution is -2.60. The van der Waals surface area contributed by atoms with Crippen molar-refractivity contribution >= 4 is 28.5 Å². The second-order valence-electron chi connectivity index (χ2n) is 4.11. The maximum absolute atomic E-state index is 11.6. The fourth-order valence-electron chi connectivity index (χ4n) is 1.68. The number of carboxylic acids is 1. The van der Waals surface area contributed by atoms with Gasteiger partial charge in [-0.25, -0.2) is 14.6 Å². The molecular formula is C10H13N3O3S. The third kappa shape index (κ3) is 2.38. The average molecular weight is 255 g/mol. The number of carbonyl (C=O) groups is 2. The number of rotatable bonds is 3. The fraction of sp³-hybridized carbons (Fsp3) is 0.500. The quantitative estimate of drug-likeness (QED) is 0.764. The molecular weight excluding hydrogens is 242 g/mol. The molecule has 1 aliphatic carbocycles. The van der Waals surface area contributed by atoms with Crippen molar-refractivity contribution in [2.75, 3.05) is 5.32 Å². The molecule has 0 aromatic carbocycles. The van der Waals surface area contributed by atoms with E-state index in [1.807, 2.05) is 12.3 Å². The minimum atomic E-state index is -1.09. The van der Waals surface area contributed by atoms with Crippen LogP contribution in [0, 0.1) is 6.92 Å². The minimum absolute atomic E-state index is 0.472. The molecule has 1 aromatic heterocycles. The molecule has 0 bridgehead atoms. The molecule has 3 N–H and O–H groups in total. The summed E-state index contributed by atoms with van der Waals surface area (Å²) in [5.41, 5.74) is -0.266. The van der Waals surface area contributed by atoms with Gasteiger partial charge in [0, 0.05) is 5.38 Å². The Bertz CT molecular complexity index is 453. The van der Waals surface area contributed by atoms with Gasteiger partial charge in [0.2, 0.25) is 0 Å². The Morgan fingerprint density at radius 1 is 1.53 bits per heavy atom. The van der Waals surface area contributed by atoms with Crippen LogP contribution in [0.2, 0.25) is 0 Å². The number of hydrogen-bond acceptors (Lipinski definition) is 4. The Labute approximate surface area is 102 Å². The van der Waals surface area contributed by atoms with Crippen LogP contribution < -0.4 is 10.6 Å². The van der Waals surface area contributed by atoms with Crippen molar-refractivity contribution < 1.29 is 14.7 Å². The van der Waals surface area contributed by atoms with E-state index in [4.69, 9.17) is 5.11 Å². The number of thiazole rings is 1. The van der Waals surface area contributed by atoms with Gasteiger partial charge < -0.3 is 10.4 Å². The zero-order valence-corrected chi connectivity index (χ0v) is 10.1. The monoisotopic (exact) mass is 255 g/mol. The molecule has 1 heterocycles. The molecule has 6 nitrogen and oxygen atoms in total. The Morgan fingerprint density at radius 2 is 2.24 bits per heavy atom. The van der Waals surface area contributed by atoms with E-state index >= 15 is 0 Å². The first-order valence-corrected chi connectivity index (χ1v) is 6.14. The predicted octanol–water partition coefficient (Wildman–Crippen LogP) is 1.58. The number of nitrogens with one attached hydrogen (secondary N) is 2. The van der Waals surface area contributed by atoms with Crippen molar-refractivity contribution in [1.29, 1.82) is 0 Å². The number of hydrogen-bond donors (Lipinski definition) is 3. The number of aromatic nitrogens is 1. The molecule has 2 rings (SSSR count). The number of amides is 2. The van der Waals surface area contributed by atoms with Gasteiger partial charge in [-0.2, -0.15) is 0 Å². The summed E-state index contributed by atoms with van der Waals surface area (Å²) in [6.07, 6.45) is 1.78. The number of aryl methyl sites for hydroxylation is 1. The van der Waals surface area contributed by atoms with E-state index in [-0.39, 0.29) is 0 Å². The second kappa shape index (κ2) is 4.33. The van der Waals surface area contributed by atoms with Crippen LogP contribution in [-0.4, -0.2) is 27.6 Å². The van der Waals surface area contributed by atoms with Gasteiger partial charge in [-0.15, -0.1) is 11.3 Å². The average Bonchev–Trinajstić information content (AvgIpc) is 2.57. The lowest BCUT2D eigenvalue weighted by atomic mass is 9.77. The summed E-state index contributed by atoms with van der Waals surface area (Å²) in [5, 5.41) is 16.4. The molecule has 92 valence electrons. The molecule has 17 heavy (non-hydrogen) atoms. The topological polar surface area (TPSA) is 91.3 Å². The summed E-state index contributed by atoms with van der Waals surface area (Å²) in [6, 6.07) is -0.513. The van der Waals surface area contributed by atoms with E-state index in [9.17, 15) is 9.59 Å². The third-order valence-corrected chi connectivity index (χ3v) is 3.68. The summed E-state index contributed by atoms with van der Waals surface area (Å²) < 4.78 is 0. The molecule has 2 amide bonds. The smallest absolute Gasteiger partial charge is 0.329 e. The number of carbonyl (C=O) groups excluding carboxylic acids is 1. The fourth-order valence-corrected chi connectivity index (χ4v) is 2.36. The van der Waals surface area contributed by atoms with E-state index in [2.05, 4.69) is 15.6 Å². The highest BCUT2D eigenvalue weighted by molar-refractivity contribution is 7.13. The van der Waals surface area contributed by atoms with Crippen LogP contribution in [-0.2, 0) is 4.79 Å². The molecule has 1 fully saturated rings. The van der Waals surface area contributed by atoms with Crippen LogP contribution in [0.3, 0.4) is 0 Å². The van der Waals surface area contributed by atoms with E-state index in [1.54, 1.807) is 0 Å². The van der Waals surface area contributed by atoms with E-state index < -0.39 is 17.5 Å². The normalized spacial score (nSPS) is 17.0. The van der Waals surface area contributed by atoms with Crippen molar-refractivity contribution in [1.82, 2.24) is 10.3 Å². The number of aliphatic carboxylic acids is 1. The van der Waals surface area contributed by atoms with Crippen molar-refractivity contribution in [3.05, 3.63) is 11.1 Å². The highest BCUT2D eigenvalue weighted by Gasteiger charge is 2.45. The lowest BCUT2D eigenvalue weighted by Gasteiger charge is -2.37. The first kappa shape index (κ1) is 11.8. The first-order valence-electron chi connectivity index (χ1n) is 5.26. The van der Waals surface area contributed by atoms with Gasteiger partial charge >= 0.3 is 12.0 Å². The highest BCUT2D eigenvalue weighted by atomic mass is 32.1. The highest BCUT2D eigenvalue weighted by Crippen LogP contribution is 2.32. The number of nitrogens with zero attached hydrogens (tertiary/aromatic N) is 1. The molecule has 0 atom stereocenters. The third-order valence-electron chi connectivity index (χ3n) is 2.81. The lowest BCUT2D eigenvalue weighted by molar-refractivity contribution is -0.148. The maximum Gasteiger partial charge on any atom is 0.329 e. The van der Waals surface area contributed by atoms with Crippen LogP contribution in [0.5, 0.6) is 0 Å². The molecule has 0 aliphatic heterocycles. The Morgan fingerprint density at radius 3 is 2.65 bits per heavy atom. The van der Waals surface area contributed by atoms with Crippen molar-refractivity contribution in [2.24, 2.45) is 0 Å². The number of urea groups is 1. The summed E-state index contributed by atoms with van der Waals surface area (Å²) in [7, 11) is 0. The predicted molar refractivity (Wildman–Crippen MR) is 63.2 cm³/mol. The first-order chi connectivity index (χ1) is 8.02. The molecule has 1 aromatic rings. The molecule has 7 heteroatoms. The molecule has 0 radical (unpaired) electrons. The zero-order valence-electron chi connectivity index (χ0n) is 9.32. The van der Waals surface area contributed by atoms with E-state index in [1.165, 1.54) is 11.3 Å². The van der Waals surface area contributed by atoms with Gasteiger partial charge in [0.1, 0.15) is 5.54 Å². The molecule has 0 unspecified atom stereocenters. The van der Waals surface area contributed by atoms with E-state index in [0.29, 0.717) is 18.0 Å². The van der Waals surface area contributed by atoms with Crippen LogP contribution in [0.1, 0.15) is 25.0 Å². The molecule has 0 spiro atoms. The van der Waals surface area contributed by atoms with Crippen molar-refractivity contribution in [2.45, 2.75) is 31.7 Å². The van der Waals surface area contributed by atoms with Crippen LogP contribution >= 0.6 is 11.3 Å². The van der Waals surface area contributed by atoms with Gasteiger partial charge in [-0.3, -0.25) is 5.32 Å². The molecule has 0 saturated heterocycles. The minimum Gasteiger partial charge on any atom is -0.480 e. The molecule has 1 saturated carbocycles. The van der Waals surface area contributed by atoms with Gasteiger partial charge in [-0.05, 0) is 26.2 Å². The summed E-state index contributed by atoms with van der Waals surface area (Å²) in [6.45, 7) is 1.82. The molecule has 1 aliphatic rings. The van der Waals surface area contributed by atoms with Crippen LogP contribution in [0.4, 0.5) is 9.93 Å². The van der Waals surface area contributed by atoms with E-state index in [0.717, 1.165) is 12.1 Å². The maximum atomic E-state index is 11.6. The SMILES string of the molecule is Cc1csc(NC(=O)NC2(C(=O)O)CCC2)n1. The standard InChI is InChI=1S/C10H13N3O3S/c1-6-5-17-9(11-6)12-8(16)13-10(7(14)15)3-2-4-10/h5H,2-4H2,1H3,(H,14,15)(H2,11,12,13,16). The van der Waals surface area contributed by atoms with Gasteiger partial charge in [0.25, 0.3) is 0 Å². The van der Waals surface area contributed by atoms with Gasteiger partial charge in [-0.1, -0.05) is 0 Å².